The van der Waals surface area contributed by atoms with Gasteiger partial charge in [-0.3, -0.25) is 9.13 Å². The number of methoxy groups -OCH3 is 2. The molecule has 0 N–H and O–H groups in total. The Balaban J connectivity index is 0.000000422. The van der Waals surface area contributed by atoms with E-state index >= 15 is 0 Å². The number of ether oxygens (including phenoxy) is 2. The largest absolute Gasteiger partial charge is 0.500 e. The van der Waals surface area contributed by atoms with Crippen LogP contribution in [-0.2, 0) is 40.5 Å². The van der Waals surface area contributed by atoms with Crippen molar-refractivity contribution in [1.29, 1.82) is 0 Å². The fourth-order valence-electron chi connectivity index (χ4n) is 5.96. The van der Waals surface area contributed by atoms with E-state index in [1.807, 2.05) is 14.2 Å². The predicted molar refractivity (Wildman–Crippen MR) is 172 cm³/mol. The van der Waals surface area contributed by atoms with E-state index in [0.29, 0.717) is 0 Å². The molecule has 2 saturated heterocycles. The minimum Gasteiger partial charge on any atom is -0.386 e. The lowest BCUT2D eigenvalue weighted by Crippen LogP contribution is -2.57. The van der Waals surface area contributed by atoms with Gasteiger partial charge < -0.3 is 40.5 Å². The normalized spacial score (nSPS) is 20.0. The standard InChI is InChI=1S/C15H35NO5Si2.C11H27NO4Si2/c1-17-22(18-2)14-10-6-8-12-16(22)13-9-7-11-15-23(19-3,20-4)21-5;1-13-11(14-2)17-9-5-7-12-8-6-10-18(12,15-3)16-4/h6-15H2,1-5H3;11H,5-10,17H2,1-4H3. The van der Waals surface area contributed by atoms with E-state index in [9.17, 15) is 0 Å². The summed E-state index contributed by atoms with van der Waals surface area (Å²) in [4.78, 5) is 0. The van der Waals surface area contributed by atoms with Gasteiger partial charge in [-0.15, -0.1) is 0 Å². The lowest BCUT2D eigenvalue weighted by molar-refractivity contribution is -0.0441. The molecule has 0 aromatic heterocycles. The number of unbranched alkanes of at least 4 members (excludes halogenated alkanes) is 2. The first kappa shape index (κ1) is 39.5. The maximum absolute atomic E-state index is 5.87. The highest BCUT2D eigenvalue weighted by Gasteiger charge is 2.47. The third-order valence-corrected chi connectivity index (χ3v) is 20.8. The molecule has 0 aromatic rings. The van der Waals surface area contributed by atoms with Crippen LogP contribution in [0.15, 0.2) is 0 Å². The predicted octanol–water partition coefficient (Wildman–Crippen LogP) is 3.23. The summed E-state index contributed by atoms with van der Waals surface area (Å²) in [5.41, 5.74) is 0. The molecule has 0 bridgehead atoms. The molecule has 11 nitrogen and oxygen atoms in total. The minimum absolute atomic E-state index is 0.0652. The topological polar surface area (TPSA) is 89.6 Å². The number of rotatable bonds is 20. The van der Waals surface area contributed by atoms with Crippen LogP contribution < -0.4 is 0 Å². The summed E-state index contributed by atoms with van der Waals surface area (Å²) >= 11 is 0. The van der Waals surface area contributed by atoms with Crippen molar-refractivity contribution < 1.29 is 40.5 Å². The van der Waals surface area contributed by atoms with Gasteiger partial charge in [-0.05, 0) is 64.7 Å². The van der Waals surface area contributed by atoms with Crippen LogP contribution >= 0.6 is 0 Å². The van der Waals surface area contributed by atoms with Gasteiger partial charge >= 0.3 is 26.2 Å². The minimum atomic E-state index is -2.41. The molecule has 0 aliphatic carbocycles. The van der Waals surface area contributed by atoms with Crippen molar-refractivity contribution >= 4 is 35.8 Å². The number of nitrogens with zero attached hydrogens (tertiary/aromatic N) is 2. The highest BCUT2D eigenvalue weighted by molar-refractivity contribution is 6.65. The van der Waals surface area contributed by atoms with Crippen LogP contribution in [-0.4, -0.2) is 141 Å². The van der Waals surface area contributed by atoms with Gasteiger partial charge in [-0.2, -0.15) is 0 Å². The first-order valence-electron chi connectivity index (χ1n) is 15.3. The third kappa shape index (κ3) is 12.4. The molecule has 246 valence electrons. The van der Waals surface area contributed by atoms with Crippen molar-refractivity contribution in [3.05, 3.63) is 0 Å². The average Bonchev–Trinajstić information content (AvgIpc) is 3.32. The van der Waals surface area contributed by atoms with Crippen molar-refractivity contribution in [2.75, 3.05) is 90.2 Å². The Morgan fingerprint density at radius 3 is 1.63 bits per heavy atom. The van der Waals surface area contributed by atoms with E-state index in [4.69, 9.17) is 40.5 Å². The second kappa shape index (κ2) is 22.0. The molecular weight excluding hydrogens is 597 g/mol. The lowest BCUT2D eigenvalue weighted by atomic mass is 10.2. The monoisotopic (exact) mass is 658 g/mol. The molecule has 0 aromatic carbocycles. The van der Waals surface area contributed by atoms with E-state index in [0.717, 1.165) is 63.6 Å². The molecule has 0 radical (unpaired) electrons. The Morgan fingerprint density at radius 2 is 1.12 bits per heavy atom. The van der Waals surface area contributed by atoms with Gasteiger partial charge in [0.1, 0.15) is 5.91 Å². The fraction of sp³-hybridized carbons (Fsp3) is 1.00. The van der Waals surface area contributed by atoms with E-state index in [1.54, 1.807) is 49.8 Å². The molecule has 2 aliphatic heterocycles. The number of hydrogen-bond donors (Lipinski definition) is 0. The van der Waals surface area contributed by atoms with Crippen LogP contribution in [0.1, 0.15) is 51.4 Å². The first-order valence-corrected chi connectivity index (χ1v) is 22.9. The van der Waals surface area contributed by atoms with Crippen LogP contribution in [0.3, 0.4) is 0 Å². The molecule has 0 unspecified atom stereocenters. The zero-order chi connectivity index (χ0) is 30.6. The molecule has 0 atom stereocenters. The molecule has 2 aliphatic rings. The van der Waals surface area contributed by atoms with Gasteiger partial charge in [-0.1, -0.05) is 18.9 Å². The summed E-state index contributed by atoms with van der Waals surface area (Å²) in [6.07, 6.45) is 9.47. The van der Waals surface area contributed by atoms with Gasteiger partial charge in [0, 0.05) is 82.1 Å². The molecule has 2 fully saturated rings. The highest BCUT2D eigenvalue weighted by Crippen LogP contribution is 2.28. The first-order chi connectivity index (χ1) is 19.8. The molecular formula is C26H62N2O9Si4. The summed E-state index contributed by atoms with van der Waals surface area (Å²) in [6, 6.07) is 4.28. The zero-order valence-electron chi connectivity index (χ0n) is 27.7. The van der Waals surface area contributed by atoms with Crippen LogP contribution in [0.2, 0.25) is 24.2 Å². The highest BCUT2D eigenvalue weighted by atomic mass is 28.4. The molecule has 0 spiro atoms. The second-order valence-corrected chi connectivity index (χ2v) is 22.4. The van der Waals surface area contributed by atoms with Crippen molar-refractivity contribution in [2.45, 2.75) is 81.5 Å². The Kier molecular flexibility index (Phi) is 21.2. The summed E-state index contributed by atoms with van der Waals surface area (Å²) in [6.45, 7) is 4.35. The quantitative estimate of drug-likeness (QED) is 0.110. The molecule has 2 heterocycles. The van der Waals surface area contributed by atoms with E-state index in [-0.39, 0.29) is 15.4 Å². The summed E-state index contributed by atoms with van der Waals surface area (Å²) in [7, 11) is 8.76. The fourth-order valence-corrected chi connectivity index (χ4v) is 15.2. The van der Waals surface area contributed by atoms with E-state index in [2.05, 4.69) is 9.13 Å². The Hall–Kier alpha value is 0.428. The molecule has 0 amide bonds. The molecule has 41 heavy (non-hydrogen) atoms. The van der Waals surface area contributed by atoms with Crippen molar-refractivity contribution in [1.82, 2.24) is 9.13 Å². The molecule has 0 saturated carbocycles. The Morgan fingerprint density at radius 1 is 0.610 bits per heavy atom. The SMILES string of the molecule is COC(OC)[SiH2]CCCN1CCC[Si]1(OC)OC.CO[Si](CCCCCN1CCCCC[Si]1(OC)OC)(OC)OC. The Labute approximate surface area is 256 Å². The summed E-state index contributed by atoms with van der Waals surface area (Å²) < 4.78 is 54.9. The second-order valence-electron chi connectivity index (χ2n) is 10.6. The summed E-state index contributed by atoms with van der Waals surface area (Å²) in [5.74, 6) is 0.0652. The smallest absolute Gasteiger partial charge is 0.386 e. The third-order valence-electron chi connectivity index (χ3n) is 8.57. The van der Waals surface area contributed by atoms with E-state index in [1.165, 1.54) is 38.1 Å². The maximum Gasteiger partial charge on any atom is 0.500 e. The summed E-state index contributed by atoms with van der Waals surface area (Å²) in [5, 5.41) is 0. The van der Waals surface area contributed by atoms with Gasteiger partial charge in [0.2, 0.25) is 0 Å². The van der Waals surface area contributed by atoms with Crippen LogP contribution in [0.4, 0.5) is 0 Å². The Bertz CT molecular complexity index is 636. The van der Waals surface area contributed by atoms with Crippen LogP contribution in [0, 0.1) is 0 Å². The van der Waals surface area contributed by atoms with Gasteiger partial charge in [0.25, 0.3) is 0 Å². The van der Waals surface area contributed by atoms with Crippen LogP contribution in [0.5, 0.6) is 0 Å². The molecule has 15 heteroatoms. The average molecular weight is 659 g/mol. The number of hydrogen-bond acceptors (Lipinski definition) is 11. The van der Waals surface area contributed by atoms with Gasteiger partial charge in [0.05, 0.1) is 9.52 Å². The lowest BCUT2D eigenvalue weighted by Gasteiger charge is -2.36. The van der Waals surface area contributed by atoms with Crippen molar-refractivity contribution in [2.24, 2.45) is 0 Å². The van der Waals surface area contributed by atoms with Crippen LogP contribution in [0.25, 0.3) is 0 Å². The van der Waals surface area contributed by atoms with Crippen molar-refractivity contribution in [3.8, 4) is 0 Å². The van der Waals surface area contributed by atoms with Crippen molar-refractivity contribution in [3.63, 3.8) is 0 Å². The zero-order valence-corrected chi connectivity index (χ0v) is 32.1. The molecule has 2 rings (SSSR count). The van der Waals surface area contributed by atoms with Gasteiger partial charge in [-0.25, -0.2) is 0 Å². The van der Waals surface area contributed by atoms with Gasteiger partial charge in [0.15, 0.2) is 0 Å². The maximum atomic E-state index is 5.87. The van der Waals surface area contributed by atoms with E-state index < -0.39 is 26.2 Å².